The van der Waals surface area contributed by atoms with Gasteiger partial charge in [-0.2, -0.15) is 0 Å². The molecular weight excluding hydrogens is 380 g/mol. The molecule has 2 aromatic heterocycles. The van der Waals surface area contributed by atoms with Crippen molar-refractivity contribution < 1.29 is 9.21 Å². The van der Waals surface area contributed by atoms with Crippen molar-refractivity contribution in [2.45, 2.75) is 32.7 Å². The van der Waals surface area contributed by atoms with Gasteiger partial charge in [0.05, 0.1) is 17.1 Å². The molecule has 0 aliphatic heterocycles. The van der Waals surface area contributed by atoms with Gasteiger partial charge in [0.2, 0.25) is 5.91 Å². The van der Waals surface area contributed by atoms with E-state index >= 15 is 0 Å². The van der Waals surface area contributed by atoms with Gasteiger partial charge >= 0.3 is 0 Å². The Balaban J connectivity index is 1.43. The summed E-state index contributed by atoms with van der Waals surface area (Å²) in [6.07, 6.45) is 1.93. The molecule has 2 heterocycles. The topological polar surface area (TPSA) is 46.3 Å². The van der Waals surface area contributed by atoms with Crippen LogP contribution in [0.15, 0.2) is 64.4 Å². The van der Waals surface area contributed by atoms with Crippen LogP contribution in [0.4, 0.5) is 0 Å². The number of aromatic nitrogens is 1. The lowest BCUT2D eigenvalue weighted by Gasteiger charge is -2.17. The van der Waals surface area contributed by atoms with Gasteiger partial charge in [0.1, 0.15) is 11.3 Å². The minimum absolute atomic E-state index is 0.0638. The Labute approximate surface area is 174 Å². The van der Waals surface area contributed by atoms with Crippen LogP contribution in [-0.4, -0.2) is 22.8 Å². The summed E-state index contributed by atoms with van der Waals surface area (Å²) in [6, 6.07) is 18.3. The Morgan fingerprint density at radius 3 is 2.66 bits per heavy atom. The molecule has 0 N–H and O–H groups in total. The monoisotopic (exact) mass is 404 g/mol. The second-order valence-corrected chi connectivity index (χ2v) is 8.12. The number of nitrogens with zero attached hydrogens (tertiary/aromatic N) is 2. The summed E-state index contributed by atoms with van der Waals surface area (Å²) in [5.74, 6) is 1.01. The SMILES string of the molecule is CCc1oc2ccccc2c1CN(C)C(=O)Cc1csc(Cc2ccccc2)n1. The van der Waals surface area contributed by atoms with Crippen molar-refractivity contribution in [3.05, 3.63) is 87.6 Å². The number of carbonyl (C=O) groups excluding carboxylic acids is 1. The third-order valence-electron chi connectivity index (χ3n) is 5.05. The first-order valence-electron chi connectivity index (χ1n) is 9.84. The number of para-hydroxylation sites is 1. The first kappa shape index (κ1) is 19.4. The number of hydrogen-bond acceptors (Lipinski definition) is 4. The normalized spacial score (nSPS) is 11.1. The number of carbonyl (C=O) groups is 1. The Kier molecular flexibility index (Phi) is 5.76. The molecule has 4 aromatic rings. The summed E-state index contributed by atoms with van der Waals surface area (Å²) < 4.78 is 5.96. The van der Waals surface area contributed by atoms with Crippen LogP contribution in [0.25, 0.3) is 11.0 Å². The second-order valence-electron chi connectivity index (χ2n) is 7.18. The Morgan fingerprint density at radius 1 is 1.10 bits per heavy atom. The maximum Gasteiger partial charge on any atom is 0.228 e. The van der Waals surface area contributed by atoms with E-state index in [0.29, 0.717) is 13.0 Å². The van der Waals surface area contributed by atoms with Gasteiger partial charge in [-0.05, 0) is 11.6 Å². The fourth-order valence-electron chi connectivity index (χ4n) is 3.51. The molecule has 4 nitrogen and oxygen atoms in total. The highest BCUT2D eigenvalue weighted by molar-refractivity contribution is 7.09. The van der Waals surface area contributed by atoms with Gasteiger partial charge in [-0.3, -0.25) is 4.79 Å². The van der Waals surface area contributed by atoms with E-state index in [2.05, 4.69) is 30.1 Å². The number of likely N-dealkylation sites (N-methyl/N-ethyl adjacent to an activating group) is 1. The van der Waals surface area contributed by atoms with Crippen molar-refractivity contribution in [3.63, 3.8) is 0 Å². The predicted molar refractivity (Wildman–Crippen MR) is 117 cm³/mol. The molecule has 4 rings (SSSR count). The lowest BCUT2D eigenvalue weighted by atomic mass is 10.1. The van der Waals surface area contributed by atoms with Crippen LogP contribution >= 0.6 is 11.3 Å². The predicted octanol–water partition coefficient (Wildman–Crippen LogP) is 5.24. The largest absolute Gasteiger partial charge is 0.461 e. The minimum atomic E-state index is 0.0638. The van der Waals surface area contributed by atoms with E-state index in [-0.39, 0.29) is 5.91 Å². The molecule has 29 heavy (non-hydrogen) atoms. The summed E-state index contributed by atoms with van der Waals surface area (Å²) in [6.45, 7) is 2.62. The van der Waals surface area contributed by atoms with Crippen LogP contribution in [0, 0.1) is 0 Å². The van der Waals surface area contributed by atoms with E-state index in [1.165, 1.54) is 5.56 Å². The van der Waals surface area contributed by atoms with Crippen LogP contribution < -0.4 is 0 Å². The number of fused-ring (bicyclic) bond motifs is 1. The average molecular weight is 405 g/mol. The highest BCUT2D eigenvalue weighted by Crippen LogP contribution is 2.27. The van der Waals surface area contributed by atoms with Crippen LogP contribution in [0.5, 0.6) is 0 Å². The third kappa shape index (κ3) is 4.40. The quantitative estimate of drug-likeness (QED) is 0.423. The third-order valence-corrected chi connectivity index (χ3v) is 5.95. The van der Waals surface area contributed by atoms with Gasteiger partial charge in [-0.15, -0.1) is 11.3 Å². The molecule has 0 radical (unpaired) electrons. The standard InChI is InChI=1S/C24H24N2O2S/c1-3-21-20(19-11-7-8-12-22(19)28-21)15-26(2)24(27)14-18-16-29-23(25-18)13-17-9-5-4-6-10-17/h4-12,16H,3,13-15H2,1-2H3. The van der Waals surface area contributed by atoms with Crippen molar-refractivity contribution in [2.75, 3.05) is 7.05 Å². The van der Waals surface area contributed by atoms with Crippen molar-refractivity contribution in [2.24, 2.45) is 0 Å². The number of furan rings is 1. The van der Waals surface area contributed by atoms with Crippen molar-refractivity contribution in [3.8, 4) is 0 Å². The van der Waals surface area contributed by atoms with E-state index in [1.807, 2.05) is 48.8 Å². The zero-order valence-electron chi connectivity index (χ0n) is 16.7. The molecule has 0 saturated carbocycles. The summed E-state index contributed by atoms with van der Waals surface area (Å²) in [5.41, 5.74) is 4.05. The molecular formula is C24H24N2O2S. The first-order valence-corrected chi connectivity index (χ1v) is 10.7. The number of hydrogen-bond donors (Lipinski definition) is 0. The van der Waals surface area contributed by atoms with Crippen LogP contribution in [0.2, 0.25) is 0 Å². The first-order chi connectivity index (χ1) is 14.1. The smallest absolute Gasteiger partial charge is 0.228 e. The van der Waals surface area contributed by atoms with Crippen LogP contribution in [-0.2, 0) is 30.6 Å². The molecule has 0 fully saturated rings. The maximum absolute atomic E-state index is 12.8. The molecule has 2 aromatic carbocycles. The minimum Gasteiger partial charge on any atom is -0.461 e. The molecule has 0 saturated heterocycles. The number of benzene rings is 2. The van der Waals surface area contributed by atoms with Gasteiger partial charge in [-0.1, -0.05) is 55.5 Å². The van der Waals surface area contributed by atoms with Gasteiger partial charge < -0.3 is 9.32 Å². The van der Waals surface area contributed by atoms with Crippen molar-refractivity contribution in [1.29, 1.82) is 0 Å². The number of amides is 1. The molecule has 0 bridgehead atoms. The molecule has 0 aliphatic carbocycles. The van der Waals surface area contributed by atoms with Crippen molar-refractivity contribution in [1.82, 2.24) is 9.88 Å². The molecule has 1 amide bonds. The number of aryl methyl sites for hydroxylation is 1. The van der Waals surface area contributed by atoms with E-state index in [4.69, 9.17) is 4.42 Å². The van der Waals surface area contributed by atoms with E-state index in [9.17, 15) is 4.79 Å². The van der Waals surface area contributed by atoms with E-state index in [0.717, 1.165) is 45.8 Å². The molecule has 0 atom stereocenters. The summed E-state index contributed by atoms with van der Waals surface area (Å²) in [5, 5.41) is 4.12. The molecule has 5 heteroatoms. The van der Waals surface area contributed by atoms with Crippen molar-refractivity contribution >= 4 is 28.2 Å². The zero-order valence-corrected chi connectivity index (χ0v) is 17.5. The van der Waals surface area contributed by atoms with Crippen LogP contribution in [0.3, 0.4) is 0 Å². The number of thiazole rings is 1. The number of rotatable bonds is 7. The Hall–Kier alpha value is -2.92. The lowest BCUT2D eigenvalue weighted by molar-refractivity contribution is -0.129. The highest BCUT2D eigenvalue weighted by Gasteiger charge is 2.18. The zero-order chi connectivity index (χ0) is 20.2. The van der Waals surface area contributed by atoms with Gasteiger partial charge in [0.15, 0.2) is 0 Å². The summed E-state index contributed by atoms with van der Waals surface area (Å²) in [7, 11) is 1.85. The Morgan fingerprint density at radius 2 is 1.86 bits per heavy atom. The Bertz CT molecular complexity index is 1110. The molecule has 148 valence electrons. The maximum atomic E-state index is 12.8. The lowest BCUT2D eigenvalue weighted by Crippen LogP contribution is -2.28. The molecule has 0 aliphatic rings. The summed E-state index contributed by atoms with van der Waals surface area (Å²) >= 11 is 1.61. The van der Waals surface area contributed by atoms with Gasteiger partial charge in [0, 0.05) is 42.8 Å². The fraction of sp³-hybridized carbons (Fsp3) is 0.250. The highest BCUT2D eigenvalue weighted by atomic mass is 32.1. The van der Waals surface area contributed by atoms with Crippen LogP contribution in [0.1, 0.15) is 34.5 Å². The van der Waals surface area contributed by atoms with Gasteiger partial charge in [-0.25, -0.2) is 4.98 Å². The van der Waals surface area contributed by atoms with E-state index < -0.39 is 0 Å². The molecule has 0 spiro atoms. The van der Waals surface area contributed by atoms with Gasteiger partial charge in [0.25, 0.3) is 0 Å². The average Bonchev–Trinajstić information content (AvgIpc) is 3.33. The van der Waals surface area contributed by atoms with E-state index in [1.54, 1.807) is 16.2 Å². The fourth-order valence-corrected chi connectivity index (χ4v) is 4.33. The molecule has 0 unspecified atom stereocenters. The summed E-state index contributed by atoms with van der Waals surface area (Å²) in [4.78, 5) is 19.2. The second kappa shape index (κ2) is 8.62.